The smallest absolute Gasteiger partial charge is 0.223 e. The number of anilines is 1. The van der Waals surface area contributed by atoms with Gasteiger partial charge in [-0.2, -0.15) is 0 Å². The summed E-state index contributed by atoms with van der Waals surface area (Å²) >= 11 is 0. The van der Waals surface area contributed by atoms with Crippen LogP contribution in [0.5, 0.6) is 0 Å². The molecule has 0 aromatic heterocycles. The molecule has 0 spiro atoms. The fourth-order valence-corrected chi connectivity index (χ4v) is 2.29. The van der Waals surface area contributed by atoms with Gasteiger partial charge in [0.25, 0.3) is 0 Å². The Morgan fingerprint density at radius 1 is 1.04 bits per heavy atom. The summed E-state index contributed by atoms with van der Waals surface area (Å²) in [6.07, 6.45) is -0.117. The summed E-state index contributed by atoms with van der Waals surface area (Å²) in [5.74, 6) is -0.221. The SMILES string of the molecule is CCC(C)C(=O)NCc1ccc(N[C@@H](O)NCc2ccc(F)cc2)cc1. The number of rotatable bonds is 9. The molecule has 2 aromatic rings. The van der Waals surface area contributed by atoms with Crippen molar-refractivity contribution in [3.05, 3.63) is 65.5 Å². The van der Waals surface area contributed by atoms with Crippen LogP contribution in [-0.4, -0.2) is 17.4 Å². The van der Waals surface area contributed by atoms with Crippen molar-refractivity contribution >= 4 is 11.6 Å². The molecule has 0 aliphatic heterocycles. The summed E-state index contributed by atoms with van der Waals surface area (Å²) in [6.45, 7) is 4.78. The van der Waals surface area contributed by atoms with Crippen molar-refractivity contribution in [2.24, 2.45) is 5.92 Å². The molecule has 0 aliphatic carbocycles. The zero-order valence-corrected chi connectivity index (χ0v) is 15.1. The Labute approximate surface area is 153 Å². The second kappa shape index (κ2) is 9.89. The van der Waals surface area contributed by atoms with Crippen LogP contribution in [0.2, 0.25) is 0 Å². The highest BCUT2D eigenvalue weighted by Crippen LogP contribution is 2.11. The third kappa shape index (κ3) is 6.46. The highest BCUT2D eigenvalue weighted by Gasteiger charge is 2.09. The Bertz CT molecular complexity index is 689. The van der Waals surface area contributed by atoms with Crippen LogP contribution >= 0.6 is 0 Å². The predicted molar refractivity (Wildman–Crippen MR) is 101 cm³/mol. The normalized spacial score (nSPS) is 13.1. The summed E-state index contributed by atoms with van der Waals surface area (Å²) in [7, 11) is 0. The minimum Gasteiger partial charge on any atom is -0.361 e. The molecule has 140 valence electrons. The topological polar surface area (TPSA) is 73.4 Å². The molecule has 5 nitrogen and oxygen atoms in total. The van der Waals surface area contributed by atoms with Gasteiger partial charge in [-0.25, -0.2) is 4.39 Å². The molecule has 0 fully saturated rings. The van der Waals surface area contributed by atoms with Crippen molar-refractivity contribution in [1.82, 2.24) is 10.6 Å². The molecular formula is C20H26FN3O2. The van der Waals surface area contributed by atoms with Crippen LogP contribution in [0.25, 0.3) is 0 Å². The molecule has 26 heavy (non-hydrogen) atoms. The second-order valence-electron chi connectivity index (χ2n) is 6.28. The molecule has 2 aromatic carbocycles. The Morgan fingerprint density at radius 3 is 2.23 bits per heavy atom. The summed E-state index contributed by atoms with van der Waals surface area (Å²) in [5.41, 5.74) is 2.61. The molecule has 2 rings (SSSR count). The molecule has 0 radical (unpaired) electrons. The Kier molecular flexibility index (Phi) is 7.56. The first-order valence-corrected chi connectivity index (χ1v) is 8.77. The molecule has 0 saturated carbocycles. The Morgan fingerprint density at radius 2 is 1.62 bits per heavy atom. The van der Waals surface area contributed by atoms with Crippen LogP contribution in [0.3, 0.4) is 0 Å². The average molecular weight is 359 g/mol. The largest absolute Gasteiger partial charge is 0.361 e. The maximum absolute atomic E-state index is 12.9. The van der Waals surface area contributed by atoms with E-state index in [9.17, 15) is 14.3 Å². The van der Waals surface area contributed by atoms with Crippen molar-refractivity contribution in [2.75, 3.05) is 5.32 Å². The fraction of sp³-hybridized carbons (Fsp3) is 0.350. The lowest BCUT2D eigenvalue weighted by atomic mass is 10.1. The number of hydrogen-bond donors (Lipinski definition) is 4. The molecule has 0 aliphatic rings. The third-order valence-electron chi connectivity index (χ3n) is 4.20. The van der Waals surface area contributed by atoms with E-state index in [2.05, 4.69) is 16.0 Å². The standard InChI is InChI=1S/C20H26FN3O2/c1-3-14(2)19(25)22-12-16-6-10-18(11-7-16)24-20(26)23-13-15-4-8-17(21)9-5-15/h4-11,14,20,23-24,26H,3,12-13H2,1-2H3,(H,22,25)/t14?,20-/m0/s1. The second-order valence-corrected chi connectivity index (χ2v) is 6.28. The number of amides is 1. The number of benzene rings is 2. The molecule has 6 heteroatoms. The van der Waals surface area contributed by atoms with Crippen molar-refractivity contribution in [2.45, 2.75) is 39.7 Å². The van der Waals surface area contributed by atoms with E-state index in [1.165, 1.54) is 12.1 Å². The third-order valence-corrected chi connectivity index (χ3v) is 4.20. The van der Waals surface area contributed by atoms with Gasteiger partial charge < -0.3 is 15.7 Å². The maximum atomic E-state index is 12.9. The first-order valence-electron chi connectivity index (χ1n) is 8.77. The number of aliphatic hydroxyl groups is 1. The van der Waals surface area contributed by atoms with Gasteiger partial charge in [0.15, 0.2) is 6.35 Å². The van der Waals surface area contributed by atoms with Gasteiger partial charge in [0, 0.05) is 24.7 Å². The monoisotopic (exact) mass is 359 g/mol. The minimum absolute atomic E-state index is 0.0123. The van der Waals surface area contributed by atoms with Crippen LogP contribution in [0, 0.1) is 11.7 Å². The first kappa shape index (κ1) is 19.9. The lowest BCUT2D eigenvalue weighted by molar-refractivity contribution is -0.124. The van der Waals surface area contributed by atoms with Gasteiger partial charge in [0.1, 0.15) is 5.82 Å². The average Bonchev–Trinajstić information content (AvgIpc) is 2.66. The van der Waals surface area contributed by atoms with Crippen molar-refractivity contribution < 1.29 is 14.3 Å². The number of carbonyl (C=O) groups is 1. The van der Waals surface area contributed by atoms with E-state index in [0.29, 0.717) is 13.1 Å². The van der Waals surface area contributed by atoms with E-state index in [1.54, 1.807) is 12.1 Å². The van der Waals surface area contributed by atoms with E-state index < -0.39 is 6.35 Å². The Balaban J connectivity index is 1.77. The Hall–Kier alpha value is -2.44. The molecule has 0 heterocycles. The van der Waals surface area contributed by atoms with E-state index in [1.807, 2.05) is 38.1 Å². The van der Waals surface area contributed by atoms with E-state index in [-0.39, 0.29) is 17.6 Å². The predicted octanol–water partition coefficient (Wildman–Crippen LogP) is 2.97. The van der Waals surface area contributed by atoms with Gasteiger partial charge in [-0.05, 0) is 41.8 Å². The van der Waals surface area contributed by atoms with Crippen LogP contribution in [-0.2, 0) is 17.9 Å². The number of hydrogen-bond acceptors (Lipinski definition) is 4. The zero-order valence-electron chi connectivity index (χ0n) is 15.1. The molecule has 2 atom stereocenters. The summed E-state index contributed by atoms with van der Waals surface area (Å²) < 4.78 is 12.9. The van der Waals surface area contributed by atoms with Crippen molar-refractivity contribution in [3.63, 3.8) is 0 Å². The van der Waals surface area contributed by atoms with Crippen molar-refractivity contribution in [1.29, 1.82) is 0 Å². The van der Waals surface area contributed by atoms with Gasteiger partial charge in [-0.1, -0.05) is 38.1 Å². The highest BCUT2D eigenvalue weighted by atomic mass is 19.1. The minimum atomic E-state index is -0.934. The lowest BCUT2D eigenvalue weighted by Gasteiger charge is -2.16. The number of aliphatic hydroxyl groups excluding tert-OH is 1. The number of nitrogens with one attached hydrogen (secondary N) is 3. The maximum Gasteiger partial charge on any atom is 0.223 e. The van der Waals surface area contributed by atoms with Crippen molar-refractivity contribution in [3.8, 4) is 0 Å². The summed E-state index contributed by atoms with van der Waals surface area (Å²) in [5, 5.41) is 18.7. The molecule has 0 saturated heterocycles. The van der Waals surface area contributed by atoms with E-state index in [0.717, 1.165) is 23.2 Å². The number of halogens is 1. The number of carbonyl (C=O) groups excluding carboxylic acids is 1. The van der Waals surface area contributed by atoms with Gasteiger partial charge in [0.05, 0.1) is 0 Å². The quantitative estimate of drug-likeness (QED) is 0.520. The van der Waals surface area contributed by atoms with Crippen LogP contribution in [0.1, 0.15) is 31.4 Å². The van der Waals surface area contributed by atoms with E-state index >= 15 is 0 Å². The van der Waals surface area contributed by atoms with Crippen LogP contribution < -0.4 is 16.0 Å². The first-order chi connectivity index (χ1) is 12.5. The summed E-state index contributed by atoms with van der Waals surface area (Å²) in [6, 6.07) is 13.6. The molecule has 0 bridgehead atoms. The highest BCUT2D eigenvalue weighted by molar-refractivity contribution is 5.78. The zero-order chi connectivity index (χ0) is 18.9. The summed E-state index contributed by atoms with van der Waals surface area (Å²) in [4.78, 5) is 11.8. The molecular weight excluding hydrogens is 333 g/mol. The van der Waals surface area contributed by atoms with Gasteiger partial charge in [-0.3, -0.25) is 10.1 Å². The fourth-order valence-electron chi connectivity index (χ4n) is 2.29. The van der Waals surface area contributed by atoms with Gasteiger partial charge in [0.2, 0.25) is 5.91 Å². The molecule has 1 amide bonds. The van der Waals surface area contributed by atoms with Gasteiger partial charge in [-0.15, -0.1) is 0 Å². The van der Waals surface area contributed by atoms with E-state index in [4.69, 9.17) is 0 Å². The molecule has 1 unspecified atom stereocenters. The molecule has 4 N–H and O–H groups in total. The van der Waals surface area contributed by atoms with Crippen LogP contribution in [0.15, 0.2) is 48.5 Å². The lowest BCUT2D eigenvalue weighted by Crippen LogP contribution is -2.35. The van der Waals surface area contributed by atoms with Gasteiger partial charge >= 0.3 is 0 Å². The van der Waals surface area contributed by atoms with Crippen LogP contribution in [0.4, 0.5) is 10.1 Å².